The number of amides is 1. The predicted molar refractivity (Wildman–Crippen MR) is 120 cm³/mol. The average molecular weight is 468 g/mol. The number of nitrogens with zero attached hydrogens (tertiary/aromatic N) is 3. The number of anilines is 1. The van der Waals surface area contributed by atoms with Crippen LogP contribution in [-0.2, 0) is 14.8 Å². The monoisotopic (exact) mass is 467 g/mol. The molecule has 0 spiro atoms. The number of aromatic nitrogens is 1. The van der Waals surface area contributed by atoms with Crippen molar-refractivity contribution < 1.29 is 13.2 Å². The zero-order chi connectivity index (χ0) is 19.1. The maximum absolute atomic E-state index is 12.5. The second kappa shape index (κ2) is 12.5. The first-order chi connectivity index (χ1) is 13.0. The maximum atomic E-state index is 12.5. The molecule has 0 saturated carbocycles. The third-order valence-corrected chi connectivity index (χ3v) is 7.10. The Morgan fingerprint density at radius 3 is 2.59 bits per heavy atom. The van der Waals surface area contributed by atoms with Crippen LogP contribution < -0.4 is 15.5 Å². The van der Waals surface area contributed by atoms with Gasteiger partial charge in [0.25, 0.3) is 0 Å². The lowest BCUT2D eigenvalue weighted by Gasteiger charge is -2.34. The summed E-state index contributed by atoms with van der Waals surface area (Å²) >= 11 is 0. The normalized spacial score (nSPS) is 19.9. The molecule has 2 aliphatic rings. The van der Waals surface area contributed by atoms with E-state index >= 15 is 0 Å². The number of hydrogen-bond acceptors (Lipinski definition) is 6. The van der Waals surface area contributed by atoms with Gasteiger partial charge in [0.15, 0.2) is 0 Å². The Morgan fingerprint density at radius 2 is 1.97 bits per heavy atom. The molecule has 1 amide bonds. The minimum atomic E-state index is -3.35. The van der Waals surface area contributed by atoms with E-state index < -0.39 is 10.0 Å². The van der Waals surface area contributed by atoms with Gasteiger partial charge in [-0.3, -0.25) is 4.79 Å². The van der Waals surface area contributed by atoms with Crippen LogP contribution in [0.25, 0.3) is 0 Å². The second-order valence-corrected chi connectivity index (χ2v) is 9.23. The van der Waals surface area contributed by atoms with Crippen molar-refractivity contribution in [1.29, 1.82) is 0 Å². The standard InChI is InChI=1S/C18H29N5O3S.2ClH/c24-18(5-4-16-6-8-19-15-16)21-9-14-27(25,26)23-12-10-22(11-13-23)17-3-1-2-7-20-17;;/h1-3,7,16,19H,4-6,8-15H2,(H,21,24);2*1H. The smallest absolute Gasteiger partial charge is 0.220 e. The van der Waals surface area contributed by atoms with Gasteiger partial charge in [-0.25, -0.2) is 13.4 Å². The summed E-state index contributed by atoms with van der Waals surface area (Å²) in [6, 6.07) is 5.72. The van der Waals surface area contributed by atoms with Gasteiger partial charge in [0.1, 0.15) is 5.82 Å². The van der Waals surface area contributed by atoms with Crippen LogP contribution >= 0.6 is 24.8 Å². The van der Waals surface area contributed by atoms with Crippen LogP contribution in [-0.4, -0.2) is 75.2 Å². The highest BCUT2D eigenvalue weighted by Crippen LogP contribution is 2.15. The van der Waals surface area contributed by atoms with E-state index in [4.69, 9.17) is 0 Å². The lowest BCUT2D eigenvalue weighted by molar-refractivity contribution is -0.121. The van der Waals surface area contributed by atoms with Crippen molar-refractivity contribution in [3.8, 4) is 0 Å². The van der Waals surface area contributed by atoms with Gasteiger partial charge in [-0.05, 0) is 44.0 Å². The topological polar surface area (TPSA) is 94.6 Å². The molecular weight excluding hydrogens is 437 g/mol. The minimum absolute atomic E-state index is 0. The Kier molecular flexibility index (Phi) is 11.2. The Bertz CT molecular complexity index is 709. The number of piperazine rings is 1. The number of nitrogens with one attached hydrogen (secondary N) is 2. The fourth-order valence-corrected chi connectivity index (χ4v) is 4.91. The number of sulfonamides is 1. The molecule has 0 aromatic carbocycles. The molecule has 1 unspecified atom stereocenters. The van der Waals surface area contributed by atoms with Crippen molar-refractivity contribution in [3.05, 3.63) is 24.4 Å². The fourth-order valence-electron chi connectivity index (χ4n) is 3.57. The SMILES string of the molecule is Cl.Cl.O=C(CCC1CCNC1)NCCS(=O)(=O)N1CCN(c2ccccn2)CC1. The summed E-state index contributed by atoms with van der Waals surface area (Å²) in [6.45, 7) is 4.31. The van der Waals surface area contributed by atoms with E-state index in [1.54, 1.807) is 6.20 Å². The molecule has 0 radical (unpaired) electrons. The first kappa shape index (κ1) is 25.9. The number of carbonyl (C=O) groups excluding carboxylic acids is 1. The van der Waals surface area contributed by atoms with Gasteiger partial charge < -0.3 is 15.5 Å². The average Bonchev–Trinajstić information content (AvgIpc) is 3.21. The molecule has 1 aromatic heterocycles. The Morgan fingerprint density at radius 1 is 1.21 bits per heavy atom. The molecule has 0 aliphatic carbocycles. The van der Waals surface area contributed by atoms with E-state index in [1.165, 1.54) is 4.31 Å². The molecule has 1 aromatic rings. The van der Waals surface area contributed by atoms with Gasteiger partial charge in [-0.2, -0.15) is 4.31 Å². The lowest BCUT2D eigenvalue weighted by atomic mass is 10.0. The van der Waals surface area contributed by atoms with Gasteiger partial charge in [-0.15, -0.1) is 24.8 Å². The first-order valence-electron chi connectivity index (χ1n) is 9.66. The lowest BCUT2D eigenvalue weighted by Crippen LogP contribution is -2.50. The fraction of sp³-hybridized carbons (Fsp3) is 0.667. The number of hydrogen-bond donors (Lipinski definition) is 2. The Balaban J connectivity index is 0.00000210. The van der Waals surface area contributed by atoms with Crippen molar-refractivity contribution in [2.24, 2.45) is 5.92 Å². The number of carbonyl (C=O) groups is 1. The van der Waals surface area contributed by atoms with Gasteiger partial charge in [-0.1, -0.05) is 6.07 Å². The van der Waals surface area contributed by atoms with Crippen molar-refractivity contribution in [3.63, 3.8) is 0 Å². The number of rotatable bonds is 8. The van der Waals surface area contributed by atoms with Crippen molar-refractivity contribution >= 4 is 46.6 Å². The minimum Gasteiger partial charge on any atom is -0.355 e. The molecule has 11 heteroatoms. The highest BCUT2D eigenvalue weighted by atomic mass is 35.5. The number of halogens is 2. The molecule has 29 heavy (non-hydrogen) atoms. The Labute approximate surface area is 185 Å². The third kappa shape index (κ3) is 7.90. The zero-order valence-corrected chi connectivity index (χ0v) is 18.9. The molecule has 2 saturated heterocycles. The summed E-state index contributed by atoms with van der Waals surface area (Å²) in [5.74, 6) is 1.33. The molecule has 166 valence electrons. The van der Waals surface area contributed by atoms with Crippen LogP contribution in [0.3, 0.4) is 0 Å². The number of pyridine rings is 1. The summed E-state index contributed by atoms with van der Waals surface area (Å²) in [6.07, 6.45) is 4.19. The molecular formula is C18H31Cl2N5O3S. The van der Waals surface area contributed by atoms with Crippen molar-refractivity contribution in [1.82, 2.24) is 19.9 Å². The van der Waals surface area contributed by atoms with E-state index in [9.17, 15) is 13.2 Å². The summed E-state index contributed by atoms with van der Waals surface area (Å²) in [5, 5.41) is 6.04. The highest BCUT2D eigenvalue weighted by molar-refractivity contribution is 7.89. The molecule has 3 rings (SSSR count). The molecule has 1 atom stereocenters. The molecule has 2 aliphatic heterocycles. The van der Waals surface area contributed by atoms with Crippen molar-refractivity contribution in [2.75, 3.05) is 56.5 Å². The van der Waals surface area contributed by atoms with Gasteiger partial charge in [0.2, 0.25) is 15.9 Å². The van der Waals surface area contributed by atoms with Crippen LogP contribution in [0.5, 0.6) is 0 Å². The molecule has 0 bridgehead atoms. The summed E-state index contributed by atoms with van der Waals surface area (Å²) in [7, 11) is -3.35. The van der Waals surface area contributed by atoms with Crippen LogP contribution in [0.2, 0.25) is 0 Å². The quantitative estimate of drug-likeness (QED) is 0.589. The van der Waals surface area contributed by atoms with Crippen LogP contribution in [0, 0.1) is 5.92 Å². The maximum Gasteiger partial charge on any atom is 0.220 e. The van der Waals surface area contributed by atoms with Crippen LogP contribution in [0.15, 0.2) is 24.4 Å². The largest absolute Gasteiger partial charge is 0.355 e. The van der Waals surface area contributed by atoms with Crippen LogP contribution in [0.1, 0.15) is 19.3 Å². The van der Waals surface area contributed by atoms with E-state index in [2.05, 4.69) is 20.5 Å². The second-order valence-electron chi connectivity index (χ2n) is 7.14. The summed E-state index contributed by atoms with van der Waals surface area (Å²) in [5.41, 5.74) is 0. The predicted octanol–water partition coefficient (Wildman–Crippen LogP) is 0.883. The third-order valence-electron chi connectivity index (χ3n) is 5.23. The molecule has 8 nitrogen and oxygen atoms in total. The van der Waals surface area contributed by atoms with E-state index in [1.807, 2.05) is 18.2 Å². The molecule has 2 N–H and O–H groups in total. The van der Waals surface area contributed by atoms with Gasteiger partial charge in [0, 0.05) is 45.3 Å². The van der Waals surface area contributed by atoms with Crippen molar-refractivity contribution in [2.45, 2.75) is 19.3 Å². The van der Waals surface area contributed by atoms with E-state index in [-0.39, 0.29) is 43.0 Å². The first-order valence-corrected chi connectivity index (χ1v) is 11.3. The molecule has 3 heterocycles. The van der Waals surface area contributed by atoms with Crippen LogP contribution in [0.4, 0.5) is 5.82 Å². The van der Waals surface area contributed by atoms with E-state index in [0.29, 0.717) is 38.5 Å². The van der Waals surface area contributed by atoms with E-state index in [0.717, 1.165) is 31.7 Å². The summed E-state index contributed by atoms with van der Waals surface area (Å²) in [4.78, 5) is 18.3. The Hall–Kier alpha value is -1.13. The zero-order valence-electron chi connectivity index (χ0n) is 16.5. The highest BCUT2D eigenvalue weighted by Gasteiger charge is 2.27. The van der Waals surface area contributed by atoms with Gasteiger partial charge in [0.05, 0.1) is 5.75 Å². The van der Waals surface area contributed by atoms with Gasteiger partial charge >= 0.3 is 0 Å². The summed E-state index contributed by atoms with van der Waals surface area (Å²) < 4.78 is 26.5. The molecule has 2 fully saturated rings.